The van der Waals surface area contributed by atoms with Crippen molar-refractivity contribution in [2.75, 3.05) is 13.4 Å². The Morgan fingerprint density at radius 2 is 2.16 bits per heavy atom. The highest BCUT2D eigenvalue weighted by atomic mass is 16.7. The normalized spacial score (nSPS) is 17.6. The van der Waals surface area contributed by atoms with Crippen LogP contribution in [0.1, 0.15) is 25.3 Å². The highest BCUT2D eigenvalue weighted by Gasteiger charge is 2.43. The topological polar surface area (TPSA) is 97.7 Å². The lowest BCUT2D eigenvalue weighted by atomic mass is 9.98. The largest absolute Gasteiger partial charge is 0.454 e. The Morgan fingerprint density at radius 1 is 1.40 bits per heavy atom. The number of benzene rings is 1. The number of fused-ring (bicyclic) bond motifs is 1. The molecule has 0 spiro atoms. The number of hydrogen-bond donors (Lipinski definition) is 1. The molecule has 1 heterocycles. The van der Waals surface area contributed by atoms with Gasteiger partial charge in [0.05, 0.1) is 6.07 Å². The number of nitrogens with zero attached hydrogens (tertiary/aromatic N) is 1. The molecule has 1 aromatic rings. The van der Waals surface area contributed by atoms with E-state index >= 15 is 0 Å². The van der Waals surface area contributed by atoms with E-state index in [2.05, 4.69) is 11.4 Å². The van der Waals surface area contributed by atoms with Crippen molar-refractivity contribution in [1.29, 1.82) is 5.26 Å². The average Bonchev–Trinajstić information content (AvgIpc) is 3.37. The minimum absolute atomic E-state index is 0.169. The van der Waals surface area contributed by atoms with Crippen LogP contribution in [0.2, 0.25) is 0 Å². The summed E-state index contributed by atoms with van der Waals surface area (Å²) in [6.07, 6.45) is 4.63. The summed E-state index contributed by atoms with van der Waals surface area (Å²) in [4.78, 5) is 23.6. The fourth-order valence-electron chi connectivity index (χ4n) is 2.57. The number of carbonyl (C=O) groups is 2. The fourth-order valence-corrected chi connectivity index (χ4v) is 2.57. The smallest absolute Gasteiger partial charge is 0.331 e. The van der Waals surface area contributed by atoms with Gasteiger partial charge in [-0.2, -0.15) is 5.26 Å². The molecule has 1 aromatic carbocycles. The van der Waals surface area contributed by atoms with Crippen LogP contribution in [0.4, 0.5) is 0 Å². The summed E-state index contributed by atoms with van der Waals surface area (Å²) in [6, 6.07) is 7.39. The first kappa shape index (κ1) is 16.8. The van der Waals surface area contributed by atoms with Crippen molar-refractivity contribution in [3.8, 4) is 17.6 Å². The highest BCUT2D eigenvalue weighted by molar-refractivity contribution is 5.89. The average molecular weight is 342 g/mol. The number of carbonyl (C=O) groups excluding carboxylic acids is 2. The van der Waals surface area contributed by atoms with Crippen LogP contribution < -0.4 is 14.8 Å². The first-order valence-corrected chi connectivity index (χ1v) is 7.97. The summed E-state index contributed by atoms with van der Waals surface area (Å²) >= 11 is 0. The molecule has 25 heavy (non-hydrogen) atoms. The molecule has 3 rings (SSSR count). The van der Waals surface area contributed by atoms with Gasteiger partial charge in [-0.3, -0.25) is 4.79 Å². The number of hydrogen-bond acceptors (Lipinski definition) is 6. The lowest BCUT2D eigenvalue weighted by molar-refractivity contribution is -0.144. The Balaban J connectivity index is 1.47. The maximum Gasteiger partial charge on any atom is 0.331 e. The summed E-state index contributed by atoms with van der Waals surface area (Å²) < 4.78 is 15.4. The van der Waals surface area contributed by atoms with Gasteiger partial charge in [0, 0.05) is 6.08 Å². The SMILES string of the molecule is C[C@](C#N)(NC(=O)COC(=O)/C=C/c1ccc2c(c1)OCO2)C1CC1. The first-order chi connectivity index (χ1) is 12.0. The lowest BCUT2D eigenvalue weighted by Gasteiger charge is -2.22. The molecule has 7 heteroatoms. The monoisotopic (exact) mass is 342 g/mol. The molecule has 0 aromatic heterocycles. The molecule has 130 valence electrons. The number of rotatable bonds is 6. The molecule has 1 saturated carbocycles. The minimum atomic E-state index is -0.897. The van der Waals surface area contributed by atoms with Crippen molar-refractivity contribution >= 4 is 18.0 Å². The van der Waals surface area contributed by atoms with Crippen molar-refractivity contribution in [2.24, 2.45) is 5.92 Å². The number of nitriles is 1. The Labute approximate surface area is 145 Å². The van der Waals surface area contributed by atoms with E-state index in [1.54, 1.807) is 31.2 Å². The highest BCUT2D eigenvalue weighted by Crippen LogP contribution is 2.39. The lowest BCUT2D eigenvalue weighted by Crippen LogP contribution is -2.48. The molecular weight excluding hydrogens is 324 g/mol. The molecule has 0 radical (unpaired) electrons. The van der Waals surface area contributed by atoms with Crippen molar-refractivity contribution in [3.63, 3.8) is 0 Å². The third-order valence-corrected chi connectivity index (χ3v) is 4.18. The fraction of sp³-hybridized carbons (Fsp3) is 0.389. The van der Waals surface area contributed by atoms with Gasteiger partial charge in [0.25, 0.3) is 5.91 Å². The van der Waals surface area contributed by atoms with E-state index in [-0.39, 0.29) is 12.7 Å². The van der Waals surface area contributed by atoms with Crippen molar-refractivity contribution in [1.82, 2.24) is 5.32 Å². The molecule has 0 saturated heterocycles. The molecule has 1 atom stereocenters. The van der Waals surface area contributed by atoms with Crippen LogP contribution in [-0.4, -0.2) is 30.8 Å². The molecule has 2 aliphatic rings. The second-order valence-electron chi connectivity index (χ2n) is 6.19. The summed E-state index contributed by atoms with van der Waals surface area (Å²) in [5.74, 6) is 0.320. The van der Waals surface area contributed by atoms with Gasteiger partial charge in [-0.15, -0.1) is 0 Å². The molecule has 7 nitrogen and oxygen atoms in total. The number of esters is 1. The minimum Gasteiger partial charge on any atom is -0.454 e. The number of nitrogens with one attached hydrogen (secondary N) is 1. The van der Waals surface area contributed by atoms with Gasteiger partial charge >= 0.3 is 5.97 Å². The predicted octanol–water partition coefficient (Wildman–Crippen LogP) is 1.78. The third-order valence-electron chi connectivity index (χ3n) is 4.18. The van der Waals surface area contributed by atoms with E-state index in [4.69, 9.17) is 14.2 Å². The first-order valence-electron chi connectivity index (χ1n) is 7.97. The standard InChI is InChI=1S/C18H18N2O5/c1-18(10-19,13-4-5-13)20-16(21)9-23-17(22)7-3-12-2-6-14-15(8-12)25-11-24-14/h2-3,6-8,13H,4-5,9,11H2,1H3,(H,20,21)/b7-3+/t18-/m1/s1. The van der Waals surface area contributed by atoms with Gasteiger partial charge in [-0.25, -0.2) is 4.79 Å². The molecule has 1 N–H and O–H groups in total. The van der Waals surface area contributed by atoms with Crippen LogP contribution in [0.25, 0.3) is 6.08 Å². The van der Waals surface area contributed by atoms with Gasteiger partial charge in [0.1, 0.15) is 5.54 Å². The molecule has 1 amide bonds. The zero-order valence-corrected chi connectivity index (χ0v) is 13.8. The summed E-state index contributed by atoms with van der Waals surface area (Å²) in [5.41, 5.74) is -0.150. The molecule has 1 aliphatic carbocycles. The van der Waals surface area contributed by atoms with E-state index in [0.29, 0.717) is 11.5 Å². The molecule has 0 bridgehead atoms. The van der Waals surface area contributed by atoms with Crippen molar-refractivity contribution in [2.45, 2.75) is 25.3 Å². The van der Waals surface area contributed by atoms with Crippen LogP contribution in [0.5, 0.6) is 11.5 Å². The van der Waals surface area contributed by atoms with E-state index in [1.807, 2.05) is 0 Å². The van der Waals surface area contributed by atoms with Crippen LogP contribution in [0.15, 0.2) is 24.3 Å². The van der Waals surface area contributed by atoms with Crippen molar-refractivity contribution < 1.29 is 23.8 Å². The number of ether oxygens (including phenoxy) is 3. The van der Waals surface area contributed by atoms with E-state index in [1.165, 1.54) is 6.08 Å². The second-order valence-corrected chi connectivity index (χ2v) is 6.19. The number of amides is 1. The molecule has 0 unspecified atom stereocenters. The Hall–Kier alpha value is -3.01. The predicted molar refractivity (Wildman–Crippen MR) is 87.4 cm³/mol. The van der Waals surface area contributed by atoms with E-state index in [0.717, 1.165) is 18.4 Å². The van der Waals surface area contributed by atoms with Crippen molar-refractivity contribution in [3.05, 3.63) is 29.8 Å². The van der Waals surface area contributed by atoms with Gasteiger partial charge in [-0.1, -0.05) is 6.07 Å². The Kier molecular flexibility index (Phi) is 4.61. The van der Waals surface area contributed by atoms with Crippen LogP contribution in [0.3, 0.4) is 0 Å². The zero-order chi connectivity index (χ0) is 17.9. The third kappa shape index (κ3) is 4.10. The summed E-state index contributed by atoms with van der Waals surface area (Å²) in [5, 5.41) is 11.8. The van der Waals surface area contributed by atoms with E-state index in [9.17, 15) is 14.9 Å². The van der Waals surface area contributed by atoms with Crippen LogP contribution >= 0.6 is 0 Å². The summed E-state index contributed by atoms with van der Waals surface area (Å²) in [6.45, 7) is 1.44. The summed E-state index contributed by atoms with van der Waals surface area (Å²) in [7, 11) is 0. The zero-order valence-electron chi connectivity index (χ0n) is 13.8. The second kappa shape index (κ2) is 6.85. The van der Waals surface area contributed by atoms with Gasteiger partial charge in [-0.05, 0) is 49.5 Å². The van der Waals surface area contributed by atoms with Gasteiger partial charge in [0.2, 0.25) is 6.79 Å². The molecule has 1 aliphatic heterocycles. The Bertz CT molecular complexity index is 763. The Morgan fingerprint density at radius 3 is 2.88 bits per heavy atom. The van der Waals surface area contributed by atoms with Gasteiger partial charge in [0.15, 0.2) is 18.1 Å². The molecular formula is C18H18N2O5. The molecule has 1 fully saturated rings. The van der Waals surface area contributed by atoms with E-state index < -0.39 is 24.0 Å². The maximum absolute atomic E-state index is 11.9. The quantitative estimate of drug-likeness (QED) is 0.625. The van der Waals surface area contributed by atoms with Gasteiger partial charge < -0.3 is 19.5 Å². The van der Waals surface area contributed by atoms with Crippen LogP contribution in [0, 0.1) is 17.2 Å². The maximum atomic E-state index is 11.9. The van der Waals surface area contributed by atoms with Crippen LogP contribution in [-0.2, 0) is 14.3 Å².